The molecule has 0 spiro atoms. The highest BCUT2D eigenvalue weighted by molar-refractivity contribution is 7.90. The van der Waals surface area contributed by atoms with E-state index in [1.165, 1.54) is 0 Å². The molecule has 1 N–H and O–H groups in total. The third-order valence-electron chi connectivity index (χ3n) is 3.75. The summed E-state index contributed by atoms with van der Waals surface area (Å²) in [6.07, 6.45) is -3.85. The summed E-state index contributed by atoms with van der Waals surface area (Å²) in [6.45, 7) is -1.20. The molecule has 1 fully saturated rings. The summed E-state index contributed by atoms with van der Waals surface area (Å²) < 4.78 is 75.5. The monoisotopic (exact) mass is 355 g/mol. The van der Waals surface area contributed by atoms with Gasteiger partial charge in [-0.1, -0.05) is 0 Å². The first-order valence-electron chi connectivity index (χ1n) is 6.45. The van der Waals surface area contributed by atoms with Gasteiger partial charge < -0.3 is 10.0 Å². The molecule has 23 heavy (non-hydrogen) atoms. The number of sulfone groups is 1. The summed E-state index contributed by atoms with van der Waals surface area (Å²) in [5, 5.41) is 8.93. The lowest BCUT2D eigenvalue weighted by atomic mass is 9.96. The van der Waals surface area contributed by atoms with Gasteiger partial charge in [-0.15, -0.1) is 0 Å². The molecular formula is C13H13F4NO4S. The summed E-state index contributed by atoms with van der Waals surface area (Å²) >= 11 is 0. The third-order valence-corrected chi connectivity index (χ3v) is 4.86. The molecule has 0 amide bonds. The average molecular weight is 355 g/mol. The molecule has 1 aliphatic heterocycles. The first-order chi connectivity index (χ1) is 10.4. The maximum absolute atomic E-state index is 14.0. The van der Waals surface area contributed by atoms with E-state index in [4.69, 9.17) is 5.11 Å². The second-order valence-corrected chi connectivity index (χ2v) is 7.40. The number of aliphatic carboxylic acids is 1. The molecule has 1 aromatic rings. The Hall–Kier alpha value is -1.84. The average Bonchev–Trinajstić information content (AvgIpc) is 2.82. The van der Waals surface area contributed by atoms with Gasteiger partial charge in [-0.2, -0.15) is 13.2 Å². The number of hydrogen-bond donors (Lipinski definition) is 1. The van der Waals surface area contributed by atoms with Crippen molar-refractivity contribution in [3.63, 3.8) is 0 Å². The normalized spacial score (nSPS) is 22.4. The number of carbonyl (C=O) groups is 1. The number of carboxylic acid groups (broad SMARTS) is 1. The van der Waals surface area contributed by atoms with Gasteiger partial charge in [0.1, 0.15) is 5.82 Å². The minimum atomic E-state index is -4.72. The highest BCUT2D eigenvalue weighted by Crippen LogP contribution is 2.40. The van der Waals surface area contributed by atoms with E-state index >= 15 is 0 Å². The zero-order valence-electron chi connectivity index (χ0n) is 11.8. The number of benzene rings is 1. The topological polar surface area (TPSA) is 74.7 Å². The van der Waals surface area contributed by atoms with Gasteiger partial charge in [0.25, 0.3) is 0 Å². The Labute approximate surface area is 129 Å². The molecule has 0 radical (unpaired) electrons. The van der Waals surface area contributed by atoms with Crippen molar-refractivity contribution in [3.8, 4) is 0 Å². The van der Waals surface area contributed by atoms with Crippen LogP contribution >= 0.6 is 0 Å². The van der Waals surface area contributed by atoms with Crippen molar-refractivity contribution in [2.24, 2.45) is 11.8 Å². The molecule has 128 valence electrons. The van der Waals surface area contributed by atoms with Gasteiger partial charge in [0.05, 0.1) is 22.4 Å². The van der Waals surface area contributed by atoms with Crippen molar-refractivity contribution < 1.29 is 35.9 Å². The SMILES string of the molecule is CS(=O)(=O)c1ccc(N2C[C@@H](C(F)(F)F)[C@H](C(=O)O)C2)c(F)c1. The van der Waals surface area contributed by atoms with Gasteiger partial charge in [0.2, 0.25) is 0 Å². The van der Waals surface area contributed by atoms with Crippen LogP contribution in [-0.4, -0.2) is 45.0 Å². The fourth-order valence-corrected chi connectivity index (χ4v) is 3.19. The summed E-state index contributed by atoms with van der Waals surface area (Å²) in [7, 11) is -3.66. The van der Waals surface area contributed by atoms with E-state index in [9.17, 15) is 30.8 Å². The lowest BCUT2D eigenvalue weighted by Gasteiger charge is -2.20. The van der Waals surface area contributed by atoms with Crippen LogP contribution in [0.4, 0.5) is 23.2 Å². The predicted molar refractivity (Wildman–Crippen MR) is 72.4 cm³/mol. The molecular weight excluding hydrogens is 342 g/mol. The molecule has 0 unspecified atom stereocenters. The molecule has 10 heteroatoms. The molecule has 1 aromatic carbocycles. The van der Waals surface area contributed by atoms with Crippen LogP contribution in [0.5, 0.6) is 0 Å². The van der Waals surface area contributed by atoms with Gasteiger partial charge in [-0.25, -0.2) is 12.8 Å². The Kier molecular flexibility index (Phi) is 4.31. The number of rotatable bonds is 3. The van der Waals surface area contributed by atoms with Crippen molar-refractivity contribution in [3.05, 3.63) is 24.0 Å². The van der Waals surface area contributed by atoms with Crippen LogP contribution in [0.25, 0.3) is 0 Å². The Morgan fingerprint density at radius 2 is 1.91 bits per heavy atom. The minimum Gasteiger partial charge on any atom is -0.481 e. The summed E-state index contributed by atoms with van der Waals surface area (Å²) in [6, 6.07) is 2.83. The van der Waals surface area contributed by atoms with Gasteiger partial charge >= 0.3 is 12.1 Å². The van der Waals surface area contributed by atoms with Crippen LogP contribution < -0.4 is 4.90 Å². The van der Waals surface area contributed by atoms with Crippen molar-refractivity contribution in [2.75, 3.05) is 24.2 Å². The Balaban J connectivity index is 2.35. The van der Waals surface area contributed by atoms with E-state index in [2.05, 4.69) is 0 Å². The van der Waals surface area contributed by atoms with E-state index in [0.29, 0.717) is 6.07 Å². The number of halogens is 4. The van der Waals surface area contributed by atoms with Crippen LogP contribution in [0, 0.1) is 17.7 Å². The Bertz CT molecular complexity index is 732. The van der Waals surface area contributed by atoms with E-state index in [0.717, 1.165) is 23.3 Å². The van der Waals surface area contributed by atoms with E-state index in [1.807, 2.05) is 0 Å². The molecule has 0 saturated carbocycles. The molecule has 2 atom stereocenters. The second-order valence-electron chi connectivity index (χ2n) is 5.38. The number of nitrogens with zero attached hydrogens (tertiary/aromatic N) is 1. The standard InChI is InChI=1S/C13H13F4NO4S/c1-23(21,22)7-2-3-11(10(14)4-7)18-5-8(12(19)20)9(6-18)13(15,16)17/h2-4,8-9H,5-6H2,1H3,(H,19,20)/t8-,9-/m1/s1. The zero-order chi connectivity index (χ0) is 17.6. The fraction of sp³-hybridized carbons (Fsp3) is 0.462. The smallest absolute Gasteiger partial charge is 0.394 e. The molecule has 0 aromatic heterocycles. The highest BCUT2D eigenvalue weighted by atomic mass is 32.2. The maximum Gasteiger partial charge on any atom is 0.394 e. The lowest BCUT2D eigenvalue weighted by molar-refractivity contribution is -0.187. The van der Waals surface area contributed by atoms with Crippen LogP contribution in [0.15, 0.2) is 23.1 Å². The van der Waals surface area contributed by atoms with Gasteiger partial charge in [-0.3, -0.25) is 4.79 Å². The first-order valence-corrected chi connectivity index (χ1v) is 8.34. The van der Waals surface area contributed by atoms with Crippen molar-refractivity contribution in [1.29, 1.82) is 0 Å². The van der Waals surface area contributed by atoms with E-state index in [1.54, 1.807) is 0 Å². The molecule has 1 saturated heterocycles. The zero-order valence-corrected chi connectivity index (χ0v) is 12.7. The quantitative estimate of drug-likeness (QED) is 0.839. The first kappa shape index (κ1) is 17.5. The van der Waals surface area contributed by atoms with Gasteiger partial charge in [-0.05, 0) is 18.2 Å². The van der Waals surface area contributed by atoms with Gasteiger partial charge in [0.15, 0.2) is 9.84 Å². The summed E-state index contributed by atoms with van der Waals surface area (Å²) in [5.74, 6) is -6.44. The molecule has 0 aliphatic carbocycles. The molecule has 1 aliphatic rings. The Morgan fingerprint density at radius 1 is 1.30 bits per heavy atom. The van der Waals surface area contributed by atoms with E-state index in [-0.39, 0.29) is 10.6 Å². The van der Waals surface area contributed by atoms with Crippen LogP contribution in [-0.2, 0) is 14.6 Å². The molecule has 5 nitrogen and oxygen atoms in total. The van der Waals surface area contributed by atoms with Crippen LogP contribution in [0.1, 0.15) is 0 Å². The number of carboxylic acids is 1. The Morgan fingerprint density at radius 3 is 2.30 bits per heavy atom. The maximum atomic E-state index is 14.0. The summed E-state index contributed by atoms with van der Waals surface area (Å²) in [4.78, 5) is 11.7. The minimum absolute atomic E-state index is 0.254. The van der Waals surface area contributed by atoms with Crippen LogP contribution in [0.2, 0.25) is 0 Å². The second kappa shape index (κ2) is 5.66. The van der Waals surface area contributed by atoms with Crippen molar-refractivity contribution in [1.82, 2.24) is 0 Å². The summed E-state index contributed by atoms with van der Waals surface area (Å²) in [5.41, 5.74) is -0.254. The van der Waals surface area contributed by atoms with Gasteiger partial charge in [0, 0.05) is 19.3 Å². The van der Waals surface area contributed by atoms with E-state index < -0.39 is 52.7 Å². The molecule has 2 rings (SSSR count). The van der Waals surface area contributed by atoms with Crippen molar-refractivity contribution >= 4 is 21.5 Å². The number of hydrogen-bond acceptors (Lipinski definition) is 4. The third kappa shape index (κ3) is 3.57. The van der Waals surface area contributed by atoms with Crippen molar-refractivity contribution in [2.45, 2.75) is 11.1 Å². The predicted octanol–water partition coefficient (Wildman–Crippen LogP) is 1.93. The number of anilines is 1. The van der Waals surface area contributed by atoms with Crippen LogP contribution in [0.3, 0.4) is 0 Å². The molecule has 0 bridgehead atoms. The molecule has 1 heterocycles. The fourth-order valence-electron chi connectivity index (χ4n) is 2.56. The lowest BCUT2D eigenvalue weighted by Crippen LogP contribution is -2.33. The largest absolute Gasteiger partial charge is 0.481 e. The number of alkyl halides is 3. The highest BCUT2D eigenvalue weighted by Gasteiger charge is 2.52.